The molecule has 4 rings (SSSR count). The van der Waals surface area contributed by atoms with Crippen molar-refractivity contribution in [3.63, 3.8) is 0 Å². The number of hydrogen-bond acceptors (Lipinski definition) is 1. The first-order valence-corrected chi connectivity index (χ1v) is 7.90. The van der Waals surface area contributed by atoms with Gasteiger partial charge in [-0.05, 0) is 37.8 Å². The summed E-state index contributed by atoms with van der Waals surface area (Å²) in [4.78, 5) is 3.39. The predicted octanol–water partition coefficient (Wildman–Crippen LogP) is 5.69. The standard InChI is InChI=1S/C22H18FN2O/c1-12-8-13(2)21(18-10-17(23)14(3)11-25(18)5)22-20(12)16-7-6-15(24-4)9-19(16)26-22/h6-11H,1-3,5H3/q+1/i1D3,3D3. The van der Waals surface area contributed by atoms with Gasteiger partial charge in [-0.1, -0.05) is 18.2 Å². The first-order valence-electron chi connectivity index (χ1n) is 10.9. The van der Waals surface area contributed by atoms with Crippen molar-refractivity contribution in [3.05, 3.63) is 70.5 Å². The predicted molar refractivity (Wildman–Crippen MR) is 101 cm³/mol. The maximum atomic E-state index is 14.8. The molecule has 0 spiro atoms. The van der Waals surface area contributed by atoms with Crippen LogP contribution in [0.15, 0.2) is 40.9 Å². The Morgan fingerprint density at radius 2 is 1.96 bits per heavy atom. The zero-order chi connectivity index (χ0) is 23.6. The Morgan fingerprint density at radius 1 is 1.15 bits per heavy atom. The molecule has 128 valence electrons. The molecule has 2 heterocycles. The van der Waals surface area contributed by atoms with Gasteiger partial charge in [0.1, 0.15) is 24.0 Å². The molecule has 2 aromatic carbocycles. The van der Waals surface area contributed by atoms with Crippen LogP contribution >= 0.6 is 0 Å². The van der Waals surface area contributed by atoms with Crippen LogP contribution in [0, 0.1) is 33.0 Å². The number of benzene rings is 2. The second kappa shape index (κ2) is 5.67. The SMILES string of the molecule is [2H]C([2H])([2H])c1c[n+](C)c(-c2c(C)cc(C([2H])([2H])[2H])c3c2oc2cc([N+]#[C-])ccc23)cc1F. The Bertz CT molecular complexity index is 1440. The van der Waals surface area contributed by atoms with E-state index in [4.69, 9.17) is 19.2 Å². The van der Waals surface area contributed by atoms with E-state index in [1.54, 1.807) is 26.1 Å². The lowest BCUT2D eigenvalue weighted by Gasteiger charge is -2.08. The highest BCUT2D eigenvalue weighted by Gasteiger charge is 2.23. The van der Waals surface area contributed by atoms with Crippen LogP contribution in [0.5, 0.6) is 0 Å². The molecule has 0 amide bonds. The second-order valence-corrected chi connectivity index (χ2v) is 6.25. The molecule has 0 atom stereocenters. The van der Waals surface area contributed by atoms with Gasteiger partial charge >= 0.3 is 0 Å². The Morgan fingerprint density at radius 3 is 2.69 bits per heavy atom. The molecule has 2 aromatic heterocycles. The highest BCUT2D eigenvalue weighted by molar-refractivity contribution is 6.12. The molecular formula is C22H18FN2O+. The maximum Gasteiger partial charge on any atom is 0.219 e. The molecule has 0 saturated carbocycles. The van der Waals surface area contributed by atoms with Crippen LogP contribution in [-0.2, 0) is 7.05 Å². The van der Waals surface area contributed by atoms with Crippen molar-refractivity contribution in [1.29, 1.82) is 0 Å². The number of furan rings is 1. The number of fused-ring (bicyclic) bond motifs is 3. The lowest BCUT2D eigenvalue weighted by molar-refractivity contribution is -0.661. The molecule has 0 saturated heterocycles. The van der Waals surface area contributed by atoms with Crippen LogP contribution in [0.3, 0.4) is 0 Å². The van der Waals surface area contributed by atoms with Gasteiger partial charge in [-0.2, -0.15) is 0 Å². The highest BCUT2D eigenvalue weighted by atomic mass is 19.1. The van der Waals surface area contributed by atoms with E-state index in [0.717, 1.165) is 6.07 Å². The van der Waals surface area contributed by atoms with Gasteiger partial charge < -0.3 is 4.42 Å². The van der Waals surface area contributed by atoms with E-state index in [1.165, 1.54) is 22.9 Å². The molecule has 3 nitrogen and oxygen atoms in total. The summed E-state index contributed by atoms with van der Waals surface area (Å²) < 4.78 is 69.0. The molecule has 0 unspecified atom stereocenters. The molecule has 0 aliphatic rings. The zero-order valence-corrected chi connectivity index (χ0v) is 14.1. The molecule has 0 bridgehead atoms. The summed E-state index contributed by atoms with van der Waals surface area (Å²) in [6.07, 6.45) is 1.21. The fourth-order valence-corrected chi connectivity index (χ4v) is 3.33. The molecule has 0 fully saturated rings. The van der Waals surface area contributed by atoms with Crippen LogP contribution < -0.4 is 4.57 Å². The van der Waals surface area contributed by atoms with E-state index in [2.05, 4.69) is 4.85 Å². The van der Waals surface area contributed by atoms with Crippen molar-refractivity contribution in [3.8, 4) is 11.3 Å². The molecule has 4 heteroatoms. The van der Waals surface area contributed by atoms with Crippen LogP contribution in [0.1, 0.15) is 24.9 Å². The van der Waals surface area contributed by atoms with Crippen molar-refractivity contribution in [2.45, 2.75) is 20.6 Å². The van der Waals surface area contributed by atoms with Crippen molar-refractivity contribution in [1.82, 2.24) is 0 Å². The minimum atomic E-state index is -2.62. The average molecular weight is 351 g/mol. The van der Waals surface area contributed by atoms with Crippen LogP contribution in [0.4, 0.5) is 10.1 Å². The summed E-state index contributed by atoms with van der Waals surface area (Å²) in [7, 11) is 1.59. The fourth-order valence-electron chi connectivity index (χ4n) is 3.33. The first-order chi connectivity index (χ1) is 14.8. The van der Waals surface area contributed by atoms with Crippen molar-refractivity contribution in [2.24, 2.45) is 7.05 Å². The molecule has 0 aliphatic carbocycles. The van der Waals surface area contributed by atoms with Gasteiger partial charge in [0.15, 0.2) is 11.9 Å². The van der Waals surface area contributed by atoms with E-state index in [0.29, 0.717) is 38.9 Å². The van der Waals surface area contributed by atoms with Crippen LogP contribution in [0.25, 0.3) is 38.0 Å². The van der Waals surface area contributed by atoms with Gasteiger partial charge in [-0.25, -0.2) is 13.8 Å². The van der Waals surface area contributed by atoms with E-state index in [9.17, 15) is 4.39 Å². The molecule has 0 radical (unpaired) electrons. The normalized spacial score (nSPS) is 15.6. The number of nitrogens with zero attached hydrogens (tertiary/aromatic N) is 2. The second-order valence-electron chi connectivity index (χ2n) is 6.25. The Kier molecular flexibility index (Phi) is 2.34. The van der Waals surface area contributed by atoms with Gasteiger partial charge in [0.05, 0.1) is 12.1 Å². The minimum absolute atomic E-state index is 0.0882. The number of pyridine rings is 1. The Balaban J connectivity index is 2.15. The van der Waals surface area contributed by atoms with Crippen molar-refractivity contribution >= 4 is 27.6 Å². The zero-order valence-electron chi connectivity index (χ0n) is 20.1. The largest absolute Gasteiger partial charge is 0.456 e. The highest BCUT2D eigenvalue weighted by Crippen LogP contribution is 2.40. The maximum absolute atomic E-state index is 14.8. The smallest absolute Gasteiger partial charge is 0.219 e. The first kappa shape index (κ1) is 10.7. The van der Waals surface area contributed by atoms with Crippen LogP contribution in [0.2, 0.25) is 0 Å². The van der Waals surface area contributed by atoms with Gasteiger partial charge in [0.2, 0.25) is 5.69 Å². The summed E-state index contributed by atoms with van der Waals surface area (Å²) in [5, 5.41) is 0.888. The Hall–Kier alpha value is -3.19. The summed E-state index contributed by atoms with van der Waals surface area (Å²) in [5.74, 6) is -0.892. The van der Waals surface area contributed by atoms with Gasteiger partial charge in [-0.15, -0.1) is 0 Å². The molecular weight excluding hydrogens is 327 g/mol. The van der Waals surface area contributed by atoms with E-state index >= 15 is 0 Å². The number of rotatable bonds is 1. The molecule has 0 aliphatic heterocycles. The van der Waals surface area contributed by atoms with E-state index in [1.807, 2.05) is 0 Å². The van der Waals surface area contributed by atoms with Crippen molar-refractivity contribution < 1.29 is 21.6 Å². The summed E-state index contributed by atoms with van der Waals surface area (Å²) >= 11 is 0. The summed E-state index contributed by atoms with van der Waals surface area (Å²) in [6, 6.07) is 7.40. The van der Waals surface area contributed by atoms with Gasteiger partial charge in [0, 0.05) is 30.6 Å². The number of aryl methyl sites for hydroxylation is 4. The van der Waals surface area contributed by atoms with E-state index in [-0.39, 0.29) is 11.1 Å². The van der Waals surface area contributed by atoms with Gasteiger partial charge in [0.25, 0.3) is 0 Å². The Labute approximate surface area is 159 Å². The number of halogens is 1. The number of aromatic nitrogens is 1. The summed E-state index contributed by atoms with van der Waals surface area (Å²) in [5.41, 5.74) is 1.91. The van der Waals surface area contributed by atoms with Crippen molar-refractivity contribution in [2.75, 3.05) is 0 Å². The average Bonchev–Trinajstić information content (AvgIpc) is 3.05. The quantitative estimate of drug-likeness (QED) is 0.319. The molecule has 0 N–H and O–H groups in total. The minimum Gasteiger partial charge on any atom is -0.456 e. The third-order valence-corrected chi connectivity index (χ3v) is 4.53. The molecule has 4 aromatic rings. The topological polar surface area (TPSA) is 21.4 Å². The van der Waals surface area contributed by atoms with Gasteiger partial charge in [-0.3, -0.25) is 0 Å². The van der Waals surface area contributed by atoms with E-state index < -0.39 is 25.1 Å². The van der Waals surface area contributed by atoms with Crippen LogP contribution in [-0.4, -0.2) is 0 Å². The third kappa shape index (κ3) is 2.28. The monoisotopic (exact) mass is 351 g/mol. The lowest BCUT2D eigenvalue weighted by Crippen LogP contribution is -2.31. The molecule has 26 heavy (non-hydrogen) atoms. The number of hydrogen-bond donors (Lipinski definition) is 0. The summed E-state index contributed by atoms with van der Waals surface area (Å²) in [6.45, 7) is 3.87. The lowest BCUT2D eigenvalue weighted by atomic mass is 9.96. The third-order valence-electron chi connectivity index (χ3n) is 4.53. The fraction of sp³-hybridized carbons (Fsp3) is 0.182.